The largest absolute Gasteiger partial charge is 0.350 e. The van der Waals surface area contributed by atoms with Gasteiger partial charge in [0.2, 0.25) is 17.5 Å². The van der Waals surface area contributed by atoms with Gasteiger partial charge in [0, 0.05) is 29.4 Å². The van der Waals surface area contributed by atoms with Crippen LogP contribution < -0.4 is 15.4 Å². The molecule has 0 atom stereocenters. The van der Waals surface area contributed by atoms with Crippen LogP contribution in [0.1, 0.15) is 27.6 Å². The number of Topliss-reactive ketones (excluding diaryl/α,β-unsaturated/α-hetero) is 2. The van der Waals surface area contributed by atoms with Gasteiger partial charge in [0.1, 0.15) is 11.4 Å². The van der Waals surface area contributed by atoms with Gasteiger partial charge in [-0.05, 0) is 36.4 Å². The van der Waals surface area contributed by atoms with Gasteiger partial charge in [0.25, 0.3) is 10.0 Å². The maximum absolute atomic E-state index is 13.2. The molecule has 33 heavy (non-hydrogen) atoms. The van der Waals surface area contributed by atoms with Crippen molar-refractivity contribution in [1.82, 2.24) is 4.72 Å². The summed E-state index contributed by atoms with van der Waals surface area (Å²) in [5, 5.41) is 5.44. The molecule has 0 spiro atoms. The molecule has 1 aliphatic carbocycles. The first-order valence-electron chi connectivity index (χ1n) is 9.91. The van der Waals surface area contributed by atoms with Crippen LogP contribution in [0, 0.1) is 0 Å². The Morgan fingerprint density at radius 1 is 0.697 bits per heavy atom. The van der Waals surface area contributed by atoms with E-state index >= 15 is 0 Å². The zero-order valence-electron chi connectivity index (χ0n) is 17.5. The molecule has 0 saturated heterocycles. The SMILES string of the molecule is CC(=O)Nc1ccc(S(=O)(=O)NC2=C(Nc3ccccc3)C(=O)c3ccccc3C2=O)cc1. The van der Waals surface area contributed by atoms with Crippen LogP contribution in [0.3, 0.4) is 0 Å². The molecule has 0 aromatic heterocycles. The average Bonchev–Trinajstić information content (AvgIpc) is 2.80. The standard InChI is InChI=1S/C24H19N3O5S/c1-15(28)25-17-11-13-18(14-12-17)33(31,32)27-22-21(26-16-7-3-2-4-8-16)23(29)19-9-5-6-10-20(19)24(22)30/h2-14,26-27H,1H3,(H,25,28). The number of sulfonamides is 1. The Bertz CT molecular complexity index is 1400. The smallest absolute Gasteiger partial charge is 0.262 e. The number of allylic oxidation sites excluding steroid dienone is 2. The van der Waals surface area contributed by atoms with Crippen molar-refractivity contribution in [3.63, 3.8) is 0 Å². The fourth-order valence-electron chi connectivity index (χ4n) is 3.37. The van der Waals surface area contributed by atoms with Crippen LogP contribution in [-0.2, 0) is 14.8 Å². The van der Waals surface area contributed by atoms with Crippen molar-refractivity contribution in [1.29, 1.82) is 0 Å². The summed E-state index contributed by atoms with van der Waals surface area (Å²) in [6, 6.07) is 20.3. The number of nitrogens with one attached hydrogen (secondary N) is 3. The summed E-state index contributed by atoms with van der Waals surface area (Å²) in [5.74, 6) is -1.43. The second-order valence-corrected chi connectivity index (χ2v) is 8.94. The molecular formula is C24H19N3O5S. The number of ketones is 2. The van der Waals surface area contributed by atoms with Crippen LogP contribution in [0.25, 0.3) is 0 Å². The van der Waals surface area contributed by atoms with E-state index in [0.717, 1.165) is 0 Å². The number of fused-ring (bicyclic) bond motifs is 1. The summed E-state index contributed by atoms with van der Waals surface area (Å²) < 4.78 is 28.4. The molecule has 0 aliphatic heterocycles. The number of anilines is 2. The first kappa shape index (κ1) is 22.0. The van der Waals surface area contributed by atoms with Gasteiger partial charge < -0.3 is 10.6 Å². The highest BCUT2D eigenvalue weighted by Crippen LogP contribution is 2.27. The lowest BCUT2D eigenvalue weighted by Gasteiger charge is -2.23. The van der Waals surface area contributed by atoms with Crippen molar-refractivity contribution in [3.8, 4) is 0 Å². The summed E-state index contributed by atoms with van der Waals surface area (Å²) in [6.07, 6.45) is 0. The minimum Gasteiger partial charge on any atom is -0.350 e. The first-order valence-corrected chi connectivity index (χ1v) is 11.4. The van der Waals surface area contributed by atoms with Crippen molar-refractivity contribution in [2.24, 2.45) is 0 Å². The maximum Gasteiger partial charge on any atom is 0.262 e. The topological polar surface area (TPSA) is 121 Å². The van der Waals surface area contributed by atoms with Gasteiger partial charge in [-0.2, -0.15) is 0 Å². The summed E-state index contributed by atoms with van der Waals surface area (Å²) in [7, 11) is -4.22. The van der Waals surface area contributed by atoms with Crippen LogP contribution in [0.4, 0.5) is 11.4 Å². The Labute approximate surface area is 190 Å². The van der Waals surface area contributed by atoms with Crippen molar-refractivity contribution < 1.29 is 22.8 Å². The van der Waals surface area contributed by atoms with Gasteiger partial charge >= 0.3 is 0 Å². The normalized spacial score (nSPS) is 13.4. The number of carbonyl (C=O) groups excluding carboxylic acids is 3. The molecule has 3 aromatic carbocycles. The lowest BCUT2D eigenvalue weighted by atomic mass is 9.90. The van der Waals surface area contributed by atoms with Gasteiger partial charge in [-0.25, -0.2) is 8.42 Å². The van der Waals surface area contributed by atoms with E-state index < -0.39 is 21.6 Å². The van der Waals surface area contributed by atoms with Crippen LogP contribution in [-0.4, -0.2) is 25.9 Å². The number of hydrogen-bond acceptors (Lipinski definition) is 6. The van der Waals surface area contributed by atoms with Crippen molar-refractivity contribution >= 4 is 38.9 Å². The molecule has 8 nitrogen and oxygen atoms in total. The van der Waals surface area contributed by atoms with Crippen LogP contribution in [0.2, 0.25) is 0 Å². The molecule has 0 bridgehead atoms. The predicted octanol–water partition coefficient (Wildman–Crippen LogP) is 3.33. The molecule has 0 unspecified atom stereocenters. The van der Waals surface area contributed by atoms with E-state index in [1.807, 2.05) is 0 Å². The highest BCUT2D eigenvalue weighted by atomic mass is 32.2. The minimum absolute atomic E-state index is 0.111. The van der Waals surface area contributed by atoms with E-state index in [2.05, 4.69) is 15.4 Å². The van der Waals surface area contributed by atoms with E-state index in [4.69, 9.17) is 0 Å². The highest BCUT2D eigenvalue weighted by molar-refractivity contribution is 7.89. The summed E-state index contributed by atoms with van der Waals surface area (Å²) in [4.78, 5) is 37.5. The second kappa shape index (κ2) is 8.71. The number of benzene rings is 3. The zero-order valence-corrected chi connectivity index (χ0v) is 18.3. The number of para-hydroxylation sites is 1. The molecule has 3 N–H and O–H groups in total. The Morgan fingerprint density at radius 2 is 1.24 bits per heavy atom. The number of amides is 1. The Kier molecular flexibility index (Phi) is 5.80. The van der Waals surface area contributed by atoms with Gasteiger partial charge in [-0.1, -0.05) is 42.5 Å². The van der Waals surface area contributed by atoms with E-state index in [1.165, 1.54) is 43.3 Å². The van der Waals surface area contributed by atoms with Crippen LogP contribution >= 0.6 is 0 Å². The number of rotatable bonds is 6. The quantitative estimate of drug-likeness (QED) is 0.518. The lowest BCUT2D eigenvalue weighted by molar-refractivity contribution is -0.114. The van der Waals surface area contributed by atoms with Gasteiger partial charge in [-0.3, -0.25) is 19.1 Å². The summed E-state index contributed by atoms with van der Waals surface area (Å²) in [6.45, 7) is 1.34. The molecule has 0 radical (unpaired) electrons. The molecule has 3 aromatic rings. The van der Waals surface area contributed by atoms with Gasteiger partial charge in [0.05, 0.1) is 4.90 Å². The number of carbonyl (C=O) groups is 3. The fourth-order valence-corrected chi connectivity index (χ4v) is 4.45. The van der Waals surface area contributed by atoms with E-state index in [-0.39, 0.29) is 33.3 Å². The summed E-state index contributed by atoms with van der Waals surface area (Å²) in [5.41, 5.74) is 0.703. The molecular weight excluding hydrogens is 442 g/mol. The molecule has 1 aliphatic rings. The van der Waals surface area contributed by atoms with E-state index in [9.17, 15) is 22.8 Å². The third-order valence-corrected chi connectivity index (χ3v) is 6.25. The highest BCUT2D eigenvalue weighted by Gasteiger charge is 2.34. The third-order valence-electron chi connectivity index (χ3n) is 4.88. The van der Waals surface area contributed by atoms with Crippen LogP contribution in [0.5, 0.6) is 0 Å². The summed E-state index contributed by atoms with van der Waals surface area (Å²) >= 11 is 0. The first-order chi connectivity index (χ1) is 15.8. The van der Waals surface area contributed by atoms with Gasteiger partial charge in [-0.15, -0.1) is 0 Å². The Morgan fingerprint density at radius 3 is 1.82 bits per heavy atom. The predicted molar refractivity (Wildman–Crippen MR) is 123 cm³/mol. The molecule has 4 rings (SSSR count). The molecule has 0 heterocycles. The van der Waals surface area contributed by atoms with E-state index in [0.29, 0.717) is 11.4 Å². The van der Waals surface area contributed by atoms with Gasteiger partial charge in [0.15, 0.2) is 0 Å². The average molecular weight is 461 g/mol. The Balaban J connectivity index is 1.75. The molecule has 9 heteroatoms. The lowest BCUT2D eigenvalue weighted by Crippen LogP contribution is -2.36. The third kappa shape index (κ3) is 4.53. The van der Waals surface area contributed by atoms with E-state index in [1.54, 1.807) is 42.5 Å². The minimum atomic E-state index is -4.22. The Hall–Kier alpha value is -4.24. The second-order valence-electron chi connectivity index (χ2n) is 7.26. The molecule has 0 fully saturated rings. The number of hydrogen-bond donors (Lipinski definition) is 3. The van der Waals surface area contributed by atoms with Crippen LogP contribution in [0.15, 0.2) is 95.2 Å². The van der Waals surface area contributed by atoms with Crippen molar-refractivity contribution in [3.05, 3.63) is 101 Å². The molecule has 0 saturated carbocycles. The maximum atomic E-state index is 13.2. The fraction of sp³-hybridized carbons (Fsp3) is 0.0417. The monoisotopic (exact) mass is 461 g/mol. The van der Waals surface area contributed by atoms with Crippen molar-refractivity contribution in [2.45, 2.75) is 11.8 Å². The molecule has 1 amide bonds. The van der Waals surface area contributed by atoms with Crippen molar-refractivity contribution in [2.75, 3.05) is 10.6 Å². The molecule has 166 valence electrons. The zero-order chi connectivity index (χ0) is 23.6.